The van der Waals surface area contributed by atoms with Gasteiger partial charge in [0.05, 0.1) is 6.42 Å². The Morgan fingerprint density at radius 3 is 2.50 bits per heavy atom. The molecule has 1 aromatic heterocycles. The predicted octanol–water partition coefficient (Wildman–Crippen LogP) is 2.81. The quantitative estimate of drug-likeness (QED) is 0.906. The Morgan fingerprint density at radius 2 is 1.85 bits per heavy atom. The molecule has 0 saturated heterocycles. The molecule has 0 atom stereocenters. The molecule has 1 aromatic carbocycles. The molecule has 0 radical (unpaired) electrons. The van der Waals surface area contributed by atoms with E-state index in [4.69, 9.17) is 0 Å². The van der Waals surface area contributed by atoms with Crippen LogP contribution in [0.1, 0.15) is 29.2 Å². The van der Waals surface area contributed by atoms with Crippen molar-refractivity contribution in [1.82, 2.24) is 10.3 Å². The number of hydrogen-bond donors (Lipinski definition) is 1. The molecule has 0 aliphatic rings. The molecule has 3 nitrogen and oxygen atoms in total. The lowest BCUT2D eigenvalue weighted by molar-refractivity contribution is -0.120. The van der Waals surface area contributed by atoms with Gasteiger partial charge in [-0.15, -0.1) is 0 Å². The highest BCUT2D eigenvalue weighted by Crippen LogP contribution is 2.07. The number of benzene rings is 1. The van der Waals surface area contributed by atoms with Gasteiger partial charge in [0.25, 0.3) is 0 Å². The third-order valence-electron chi connectivity index (χ3n) is 3.41. The average Bonchev–Trinajstić information content (AvgIpc) is 2.48. The van der Waals surface area contributed by atoms with Crippen molar-refractivity contribution < 1.29 is 4.79 Å². The zero-order valence-corrected chi connectivity index (χ0v) is 12.0. The summed E-state index contributed by atoms with van der Waals surface area (Å²) in [6.07, 6.45) is 4.94. The van der Waals surface area contributed by atoms with E-state index in [1.54, 1.807) is 12.4 Å². The minimum absolute atomic E-state index is 0.0406. The summed E-state index contributed by atoms with van der Waals surface area (Å²) >= 11 is 0. The zero-order chi connectivity index (χ0) is 14.4. The van der Waals surface area contributed by atoms with Crippen LogP contribution in [0.25, 0.3) is 0 Å². The monoisotopic (exact) mass is 268 g/mol. The summed E-state index contributed by atoms with van der Waals surface area (Å²) in [5, 5.41) is 2.95. The average molecular weight is 268 g/mol. The van der Waals surface area contributed by atoms with Crippen LogP contribution in [0.3, 0.4) is 0 Å². The highest BCUT2D eigenvalue weighted by atomic mass is 16.1. The second-order valence-electron chi connectivity index (χ2n) is 4.93. The second-order valence-corrected chi connectivity index (χ2v) is 4.93. The molecule has 0 saturated carbocycles. The maximum atomic E-state index is 11.9. The molecule has 0 aliphatic heterocycles. The molecule has 2 aromatic rings. The van der Waals surface area contributed by atoms with Crippen LogP contribution in [0, 0.1) is 6.92 Å². The maximum absolute atomic E-state index is 11.9. The van der Waals surface area contributed by atoms with Gasteiger partial charge in [-0.05, 0) is 41.7 Å². The smallest absolute Gasteiger partial charge is 0.224 e. The Hall–Kier alpha value is -2.16. The standard InChI is InChI=1S/C17H20N2O/c1-3-14-4-6-15(7-5-14)12-19-17(20)10-16-8-9-18-11-13(16)2/h4-9,11H,3,10,12H2,1-2H3,(H,19,20). The number of amides is 1. The molecule has 0 bridgehead atoms. The summed E-state index contributed by atoms with van der Waals surface area (Å²) in [4.78, 5) is 16.0. The molecule has 0 unspecified atom stereocenters. The van der Waals surface area contributed by atoms with Crippen LogP contribution in [0.2, 0.25) is 0 Å². The molecule has 2 rings (SSSR count). The van der Waals surface area contributed by atoms with Gasteiger partial charge in [0, 0.05) is 18.9 Å². The summed E-state index contributed by atoms with van der Waals surface area (Å²) in [7, 11) is 0. The van der Waals surface area contributed by atoms with Gasteiger partial charge in [0.1, 0.15) is 0 Å². The van der Waals surface area contributed by atoms with Crippen molar-refractivity contribution in [1.29, 1.82) is 0 Å². The predicted molar refractivity (Wildman–Crippen MR) is 80.3 cm³/mol. The van der Waals surface area contributed by atoms with Crippen LogP contribution in [-0.2, 0) is 24.2 Å². The van der Waals surface area contributed by atoms with E-state index >= 15 is 0 Å². The normalized spacial score (nSPS) is 10.3. The van der Waals surface area contributed by atoms with Crippen LogP contribution in [0.15, 0.2) is 42.7 Å². The molecule has 1 N–H and O–H groups in total. The van der Waals surface area contributed by atoms with Gasteiger partial charge >= 0.3 is 0 Å². The van der Waals surface area contributed by atoms with E-state index in [2.05, 4.69) is 41.5 Å². The van der Waals surface area contributed by atoms with Crippen LogP contribution in [-0.4, -0.2) is 10.9 Å². The molecule has 1 heterocycles. The van der Waals surface area contributed by atoms with Crippen LogP contribution in [0.5, 0.6) is 0 Å². The Kier molecular flexibility index (Phi) is 4.88. The Balaban J connectivity index is 1.87. The highest BCUT2D eigenvalue weighted by Gasteiger charge is 2.05. The van der Waals surface area contributed by atoms with Gasteiger partial charge in [-0.1, -0.05) is 31.2 Å². The van der Waals surface area contributed by atoms with Gasteiger partial charge < -0.3 is 5.32 Å². The van der Waals surface area contributed by atoms with Crippen molar-refractivity contribution in [3.8, 4) is 0 Å². The Labute approximate surface area is 120 Å². The first-order chi connectivity index (χ1) is 9.69. The summed E-state index contributed by atoms with van der Waals surface area (Å²) in [5.41, 5.74) is 4.52. The fourth-order valence-electron chi connectivity index (χ4n) is 2.03. The first-order valence-corrected chi connectivity index (χ1v) is 6.93. The molecule has 20 heavy (non-hydrogen) atoms. The van der Waals surface area contributed by atoms with E-state index in [1.807, 2.05) is 13.0 Å². The number of nitrogens with zero attached hydrogens (tertiary/aromatic N) is 1. The lowest BCUT2D eigenvalue weighted by Gasteiger charge is -2.07. The number of hydrogen-bond acceptors (Lipinski definition) is 2. The van der Waals surface area contributed by atoms with Crippen molar-refractivity contribution in [2.75, 3.05) is 0 Å². The van der Waals surface area contributed by atoms with Gasteiger partial charge in [-0.25, -0.2) is 0 Å². The lowest BCUT2D eigenvalue weighted by atomic mass is 10.1. The highest BCUT2D eigenvalue weighted by molar-refractivity contribution is 5.78. The van der Waals surface area contributed by atoms with Crippen molar-refractivity contribution >= 4 is 5.91 Å². The summed E-state index contributed by atoms with van der Waals surface area (Å²) < 4.78 is 0. The van der Waals surface area contributed by atoms with E-state index < -0.39 is 0 Å². The summed E-state index contributed by atoms with van der Waals surface area (Å²) in [6, 6.07) is 10.2. The van der Waals surface area contributed by atoms with Gasteiger partial charge in [0.15, 0.2) is 0 Å². The molecule has 1 amide bonds. The lowest BCUT2D eigenvalue weighted by Crippen LogP contribution is -2.24. The van der Waals surface area contributed by atoms with Crippen molar-refractivity contribution in [3.05, 3.63) is 65.0 Å². The van der Waals surface area contributed by atoms with E-state index in [9.17, 15) is 4.79 Å². The number of nitrogens with one attached hydrogen (secondary N) is 1. The first kappa shape index (κ1) is 14.3. The van der Waals surface area contributed by atoms with Crippen LogP contribution in [0.4, 0.5) is 0 Å². The Bertz CT molecular complexity index is 576. The number of carbonyl (C=O) groups is 1. The zero-order valence-electron chi connectivity index (χ0n) is 12.0. The molecule has 0 spiro atoms. The molecule has 0 fully saturated rings. The van der Waals surface area contributed by atoms with Crippen LogP contribution < -0.4 is 5.32 Å². The largest absolute Gasteiger partial charge is 0.352 e. The van der Waals surface area contributed by atoms with Gasteiger partial charge in [-0.3, -0.25) is 9.78 Å². The minimum Gasteiger partial charge on any atom is -0.352 e. The number of rotatable bonds is 5. The fourth-order valence-corrected chi connectivity index (χ4v) is 2.03. The van der Waals surface area contributed by atoms with Crippen molar-refractivity contribution in [2.24, 2.45) is 0 Å². The van der Waals surface area contributed by atoms with E-state index in [1.165, 1.54) is 5.56 Å². The number of pyridine rings is 1. The second kappa shape index (κ2) is 6.85. The molecular formula is C17H20N2O. The first-order valence-electron chi connectivity index (χ1n) is 6.93. The van der Waals surface area contributed by atoms with E-state index in [-0.39, 0.29) is 5.91 Å². The fraction of sp³-hybridized carbons (Fsp3) is 0.294. The molecule has 0 aliphatic carbocycles. The van der Waals surface area contributed by atoms with E-state index in [0.29, 0.717) is 13.0 Å². The SMILES string of the molecule is CCc1ccc(CNC(=O)Cc2ccncc2C)cc1. The maximum Gasteiger partial charge on any atom is 0.224 e. The third kappa shape index (κ3) is 3.92. The summed E-state index contributed by atoms with van der Waals surface area (Å²) in [5.74, 6) is 0.0406. The van der Waals surface area contributed by atoms with Crippen LogP contribution >= 0.6 is 0 Å². The third-order valence-corrected chi connectivity index (χ3v) is 3.41. The number of aryl methyl sites for hydroxylation is 2. The molecule has 3 heteroatoms. The topological polar surface area (TPSA) is 42.0 Å². The number of aromatic nitrogens is 1. The van der Waals surface area contributed by atoms with Crippen molar-refractivity contribution in [2.45, 2.75) is 33.2 Å². The molecule has 104 valence electrons. The van der Waals surface area contributed by atoms with E-state index in [0.717, 1.165) is 23.1 Å². The Morgan fingerprint density at radius 1 is 1.15 bits per heavy atom. The number of carbonyl (C=O) groups excluding carboxylic acids is 1. The minimum atomic E-state index is 0.0406. The molecular weight excluding hydrogens is 248 g/mol. The van der Waals surface area contributed by atoms with Gasteiger partial charge in [-0.2, -0.15) is 0 Å². The summed E-state index contributed by atoms with van der Waals surface area (Å²) in [6.45, 7) is 4.68. The van der Waals surface area contributed by atoms with Gasteiger partial charge in [0.2, 0.25) is 5.91 Å². The van der Waals surface area contributed by atoms with Crippen molar-refractivity contribution in [3.63, 3.8) is 0 Å².